The van der Waals surface area contributed by atoms with Crippen LogP contribution in [0.15, 0.2) is 48.5 Å². The molecule has 0 heterocycles. The van der Waals surface area contributed by atoms with Gasteiger partial charge in [0, 0.05) is 12.5 Å². The summed E-state index contributed by atoms with van der Waals surface area (Å²) in [5, 5.41) is 5.81. The van der Waals surface area contributed by atoms with Crippen LogP contribution < -0.4 is 10.6 Å². The van der Waals surface area contributed by atoms with Gasteiger partial charge in [-0.2, -0.15) is 0 Å². The number of para-hydroxylation sites is 1. The summed E-state index contributed by atoms with van der Waals surface area (Å²) in [6.07, 6.45) is 2.93. The summed E-state index contributed by atoms with van der Waals surface area (Å²) in [4.78, 5) is 24.7. The molecule has 0 aliphatic heterocycles. The van der Waals surface area contributed by atoms with Gasteiger partial charge in [-0.1, -0.05) is 50.2 Å². The Bertz CT molecular complexity index is 738. The monoisotopic (exact) mass is 352 g/mol. The van der Waals surface area contributed by atoms with E-state index in [0.717, 1.165) is 18.4 Å². The van der Waals surface area contributed by atoms with Crippen LogP contribution in [-0.4, -0.2) is 17.9 Å². The Morgan fingerprint density at radius 3 is 2.27 bits per heavy atom. The van der Waals surface area contributed by atoms with Crippen LogP contribution in [0.4, 0.5) is 5.69 Å². The summed E-state index contributed by atoms with van der Waals surface area (Å²) in [6, 6.07) is 15.5. The van der Waals surface area contributed by atoms with Crippen LogP contribution in [0.5, 0.6) is 0 Å². The average Bonchev–Trinajstić information content (AvgIpc) is 2.67. The molecule has 0 radical (unpaired) electrons. The molecule has 0 spiro atoms. The molecule has 26 heavy (non-hydrogen) atoms. The number of carbonyl (C=O) groups excluding carboxylic acids is 2. The van der Waals surface area contributed by atoms with Crippen molar-refractivity contribution >= 4 is 17.5 Å². The third-order valence-corrected chi connectivity index (χ3v) is 4.51. The first-order valence-corrected chi connectivity index (χ1v) is 9.31. The SMILES string of the molecule is CCc1ccc(CCC(=O)Nc2ccccc2C(=O)N[C@H](C)CC)cc1. The second kappa shape index (κ2) is 9.76. The number of amides is 2. The minimum Gasteiger partial charge on any atom is -0.350 e. The Kier molecular flexibility index (Phi) is 7.39. The maximum absolute atomic E-state index is 12.4. The largest absolute Gasteiger partial charge is 0.350 e. The number of carbonyl (C=O) groups is 2. The van der Waals surface area contributed by atoms with Gasteiger partial charge in [-0.05, 0) is 49.4 Å². The molecule has 2 N–H and O–H groups in total. The first-order valence-electron chi connectivity index (χ1n) is 9.31. The molecular formula is C22H28N2O2. The molecule has 2 aromatic rings. The van der Waals surface area contributed by atoms with Gasteiger partial charge in [-0.15, -0.1) is 0 Å². The van der Waals surface area contributed by atoms with E-state index >= 15 is 0 Å². The van der Waals surface area contributed by atoms with Crippen LogP contribution in [0.2, 0.25) is 0 Å². The van der Waals surface area contributed by atoms with Crippen LogP contribution in [-0.2, 0) is 17.6 Å². The Morgan fingerprint density at radius 2 is 1.62 bits per heavy atom. The maximum Gasteiger partial charge on any atom is 0.253 e. The molecular weight excluding hydrogens is 324 g/mol. The van der Waals surface area contributed by atoms with Gasteiger partial charge < -0.3 is 10.6 Å². The lowest BCUT2D eigenvalue weighted by Crippen LogP contribution is -2.32. The maximum atomic E-state index is 12.4. The van der Waals surface area contributed by atoms with Gasteiger partial charge >= 0.3 is 0 Å². The fourth-order valence-electron chi connectivity index (χ4n) is 2.61. The lowest BCUT2D eigenvalue weighted by Gasteiger charge is -2.14. The van der Waals surface area contributed by atoms with E-state index in [9.17, 15) is 9.59 Å². The molecule has 0 bridgehead atoms. The molecule has 2 aromatic carbocycles. The predicted molar refractivity (Wildman–Crippen MR) is 106 cm³/mol. The molecule has 4 nitrogen and oxygen atoms in total. The summed E-state index contributed by atoms with van der Waals surface area (Å²) in [7, 11) is 0. The Labute approximate surface area is 156 Å². The van der Waals surface area contributed by atoms with Gasteiger partial charge in [0.05, 0.1) is 11.3 Å². The van der Waals surface area contributed by atoms with Crippen LogP contribution in [0.25, 0.3) is 0 Å². The highest BCUT2D eigenvalue weighted by atomic mass is 16.2. The number of nitrogens with one attached hydrogen (secondary N) is 2. The first-order chi connectivity index (χ1) is 12.5. The van der Waals surface area contributed by atoms with Gasteiger partial charge in [0.25, 0.3) is 5.91 Å². The quantitative estimate of drug-likeness (QED) is 0.742. The number of aryl methyl sites for hydroxylation is 2. The van der Waals surface area contributed by atoms with Gasteiger partial charge in [0.15, 0.2) is 0 Å². The van der Waals surface area contributed by atoms with E-state index in [0.29, 0.717) is 24.1 Å². The summed E-state index contributed by atoms with van der Waals surface area (Å²) in [5.41, 5.74) is 3.48. The number of benzene rings is 2. The molecule has 0 saturated carbocycles. The van der Waals surface area contributed by atoms with E-state index in [1.54, 1.807) is 18.2 Å². The highest BCUT2D eigenvalue weighted by molar-refractivity contribution is 6.03. The van der Waals surface area contributed by atoms with Crippen LogP contribution in [0.3, 0.4) is 0 Å². The van der Waals surface area contributed by atoms with Crippen LogP contribution in [0.1, 0.15) is 55.1 Å². The number of anilines is 1. The molecule has 0 aliphatic rings. The van der Waals surface area contributed by atoms with Crippen molar-refractivity contribution in [3.8, 4) is 0 Å². The molecule has 0 saturated heterocycles. The average molecular weight is 352 g/mol. The van der Waals surface area contributed by atoms with Gasteiger partial charge in [0.2, 0.25) is 5.91 Å². The van der Waals surface area contributed by atoms with Gasteiger partial charge in [-0.25, -0.2) is 0 Å². The molecule has 2 rings (SSSR count). The Morgan fingerprint density at radius 1 is 0.962 bits per heavy atom. The van der Waals surface area contributed by atoms with Crippen molar-refractivity contribution in [3.63, 3.8) is 0 Å². The van der Waals surface area contributed by atoms with Crippen molar-refractivity contribution in [1.82, 2.24) is 5.32 Å². The lowest BCUT2D eigenvalue weighted by atomic mass is 10.1. The fraction of sp³-hybridized carbons (Fsp3) is 0.364. The van der Waals surface area contributed by atoms with E-state index in [2.05, 4.69) is 41.8 Å². The second-order valence-corrected chi connectivity index (χ2v) is 6.55. The van der Waals surface area contributed by atoms with Crippen molar-refractivity contribution in [2.24, 2.45) is 0 Å². The molecule has 0 fully saturated rings. The first kappa shape index (κ1) is 19.7. The third-order valence-electron chi connectivity index (χ3n) is 4.51. The number of hydrogen-bond acceptors (Lipinski definition) is 2. The summed E-state index contributed by atoms with van der Waals surface area (Å²) in [6.45, 7) is 6.10. The molecule has 138 valence electrons. The Balaban J connectivity index is 1.96. The summed E-state index contributed by atoms with van der Waals surface area (Å²) >= 11 is 0. The van der Waals surface area contributed by atoms with Gasteiger partial charge in [0.1, 0.15) is 0 Å². The smallest absolute Gasteiger partial charge is 0.253 e. The normalized spacial score (nSPS) is 11.7. The van der Waals surface area contributed by atoms with E-state index in [4.69, 9.17) is 0 Å². The van der Waals surface area contributed by atoms with Crippen LogP contribution in [0, 0.1) is 0 Å². The summed E-state index contributed by atoms with van der Waals surface area (Å²) in [5.74, 6) is -0.251. The van der Waals surface area contributed by atoms with Crippen LogP contribution >= 0.6 is 0 Å². The minimum atomic E-state index is -0.162. The van der Waals surface area contributed by atoms with Crippen molar-refractivity contribution in [1.29, 1.82) is 0 Å². The van der Waals surface area contributed by atoms with Crippen molar-refractivity contribution in [2.75, 3.05) is 5.32 Å². The zero-order valence-corrected chi connectivity index (χ0v) is 15.8. The second-order valence-electron chi connectivity index (χ2n) is 6.55. The standard InChI is InChI=1S/C22H28N2O2/c1-4-16(3)23-22(26)19-8-6-7-9-20(19)24-21(25)15-14-18-12-10-17(5-2)11-13-18/h6-13,16H,4-5,14-15H2,1-3H3,(H,23,26)(H,24,25)/t16-/m1/s1. The number of rotatable bonds is 8. The molecule has 1 atom stereocenters. The zero-order chi connectivity index (χ0) is 18.9. The minimum absolute atomic E-state index is 0.0895. The molecule has 0 aromatic heterocycles. The fourth-order valence-corrected chi connectivity index (χ4v) is 2.61. The molecule has 2 amide bonds. The van der Waals surface area contributed by atoms with E-state index < -0.39 is 0 Å². The van der Waals surface area contributed by atoms with Gasteiger partial charge in [-0.3, -0.25) is 9.59 Å². The third kappa shape index (κ3) is 5.73. The van der Waals surface area contributed by atoms with E-state index in [1.807, 2.05) is 19.9 Å². The predicted octanol–water partition coefficient (Wildman–Crippen LogP) is 4.35. The summed E-state index contributed by atoms with van der Waals surface area (Å²) < 4.78 is 0. The lowest BCUT2D eigenvalue weighted by molar-refractivity contribution is -0.116. The van der Waals surface area contributed by atoms with Crippen molar-refractivity contribution < 1.29 is 9.59 Å². The zero-order valence-electron chi connectivity index (χ0n) is 15.8. The van der Waals surface area contributed by atoms with Crippen molar-refractivity contribution in [2.45, 2.75) is 52.5 Å². The van der Waals surface area contributed by atoms with Crippen molar-refractivity contribution in [3.05, 3.63) is 65.2 Å². The van der Waals surface area contributed by atoms with E-state index in [-0.39, 0.29) is 17.9 Å². The molecule has 0 unspecified atom stereocenters. The number of hydrogen-bond donors (Lipinski definition) is 2. The molecule has 4 heteroatoms. The highest BCUT2D eigenvalue weighted by Crippen LogP contribution is 2.16. The highest BCUT2D eigenvalue weighted by Gasteiger charge is 2.14. The molecule has 0 aliphatic carbocycles. The van der Waals surface area contributed by atoms with E-state index in [1.165, 1.54) is 5.56 Å². The Hall–Kier alpha value is -2.62. The topological polar surface area (TPSA) is 58.2 Å².